The number of methoxy groups -OCH3 is 3. The van der Waals surface area contributed by atoms with Gasteiger partial charge in [0.2, 0.25) is 23.0 Å². The third kappa shape index (κ3) is 5.85. The second-order valence-electron chi connectivity index (χ2n) is 10.1. The molecule has 10 nitrogen and oxygen atoms in total. The Hall–Kier alpha value is -4.12. The van der Waals surface area contributed by atoms with Gasteiger partial charge in [0.15, 0.2) is 16.6 Å². The highest BCUT2D eigenvalue weighted by Gasteiger charge is 2.29. The van der Waals surface area contributed by atoms with Crippen LogP contribution in [0.1, 0.15) is 53.9 Å². The SMILES string of the molecule is COc1cc2c(c(OC)c1OC)-c1ccc(NCC(=O)Nc3nc4c(s3)CCCC4)c(=O)cc1[C@@H](NC(C)=O)CC2. The number of fused-ring (bicyclic) bond motifs is 4. The van der Waals surface area contributed by atoms with Crippen molar-refractivity contribution in [2.75, 3.05) is 38.5 Å². The second kappa shape index (κ2) is 12.2. The number of aryl methyl sites for hydroxylation is 3. The van der Waals surface area contributed by atoms with Crippen molar-refractivity contribution in [3.05, 3.63) is 56.2 Å². The summed E-state index contributed by atoms with van der Waals surface area (Å²) >= 11 is 1.52. The molecule has 3 N–H and O–H groups in total. The van der Waals surface area contributed by atoms with E-state index in [1.165, 1.54) is 29.2 Å². The van der Waals surface area contributed by atoms with Crippen molar-refractivity contribution in [3.8, 4) is 28.4 Å². The summed E-state index contributed by atoms with van der Waals surface area (Å²) in [7, 11) is 4.66. The van der Waals surface area contributed by atoms with Crippen molar-refractivity contribution < 1.29 is 23.8 Å². The van der Waals surface area contributed by atoms with E-state index in [9.17, 15) is 14.4 Å². The molecule has 1 heterocycles. The summed E-state index contributed by atoms with van der Waals surface area (Å²) in [6, 6.07) is 6.49. The van der Waals surface area contributed by atoms with Crippen molar-refractivity contribution in [1.29, 1.82) is 0 Å². The first-order chi connectivity index (χ1) is 19.8. The number of hydrogen-bond donors (Lipinski definition) is 3. The van der Waals surface area contributed by atoms with E-state index in [0.717, 1.165) is 48.1 Å². The molecule has 41 heavy (non-hydrogen) atoms. The van der Waals surface area contributed by atoms with Gasteiger partial charge in [-0.05, 0) is 73.4 Å². The van der Waals surface area contributed by atoms with Gasteiger partial charge < -0.3 is 30.2 Å². The minimum atomic E-state index is -0.413. The lowest BCUT2D eigenvalue weighted by Crippen LogP contribution is -2.27. The van der Waals surface area contributed by atoms with Gasteiger partial charge in [-0.2, -0.15) is 0 Å². The van der Waals surface area contributed by atoms with Crippen LogP contribution >= 0.6 is 11.3 Å². The van der Waals surface area contributed by atoms with Crippen molar-refractivity contribution in [1.82, 2.24) is 10.3 Å². The molecule has 0 saturated carbocycles. The van der Waals surface area contributed by atoms with E-state index in [1.54, 1.807) is 27.4 Å². The van der Waals surface area contributed by atoms with E-state index in [0.29, 0.717) is 40.8 Å². The smallest absolute Gasteiger partial charge is 0.245 e. The molecule has 3 aromatic rings. The molecule has 0 saturated heterocycles. The molecule has 2 aliphatic carbocycles. The molecule has 0 fully saturated rings. The fraction of sp³-hybridized carbons (Fsp3) is 0.400. The highest BCUT2D eigenvalue weighted by atomic mass is 32.1. The molecule has 0 bridgehead atoms. The molecular weight excluding hydrogens is 544 g/mol. The van der Waals surface area contributed by atoms with Crippen molar-refractivity contribution in [2.24, 2.45) is 0 Å². The molecule has 2 aliphatic rings. The molecule has 1 aromatic heterocycles. The molecule has 2 aromatic carbocycles. The number of hydrogen-bond acceptors (Lipinski definition) is 9. The fourth-order valence-corrected chi connectivity index (χ4v) is 6.66. The molecule has 0 radical (unpaired) electrons. The number of nitrogens with zero attached hydrogens (tertiary/aromatic N) is 1. The summed E-state index contributed by atoms with van der Waals surface area (Å²) in [6.07, 6.45) is 5.37. The van der Waals surface area contributed by atoms with Crippen molar-refractivity contribution in [3.63, 3.8) is 0 Å². The zero-order valence-corrected chi connectivity index (χ0v) is 24.5. The first kappa shape index (κ1) is 28.4. The lowest BCUT2D eigenvalue weighted by atomic mass is 9.95. The number of carbonyl (C=O) groups is 2. The number of amides is 2. The van der Waals surface area contributed by atoms with E-state index < -0.39 is 6.04 Å². The normalized spacial score (nSPS) is 15.4. The predicted molar refractivity (Wildman–Crippen MR) is 159 cm³/mol. The zero-order valence-electron chi connectivity index (χ0n) is 23.6. The first-order valence-electron chi connectivity index (χ1n) is 13.6. The third-order valence-electron chi connectivity index (χ3n) is 7.45. The van der Waals surface area contributed by atoms with Gasteiger partial charge in [0.25, 0.3) is 0 Å². The fourth-order valence-electron chi connectivity index (χ4n) is 5.60. The number of benzene rings is 1. The molecule has 2 amide bonds. The Kier molecular flexibility index (Phi) is 8.44. The van der Waals surface area contributed by atoms with Gasteiger partial charge >= 0.3 is 0 Å². The predicted octanol–water partition coefficient (Wildman–Crippen LogP) is 4.25. The summed E-state index contributed by atoms with van der Waals surface area (Å²) in [4.78, 5) is 44.1. The number of rotatable bonds is 8. The van der Waals surface area contributed by atoms with Gasteiger partial charge in [-0.25, -0.2) is 4.98 Å². The third-order valence-corrected chi connectivity index (χ3v) is 8.52. The summed E-state index contributed by atoms with van der Waals surface area (Å²) in [5.74, 6) is 0.952. The zero-order chi connectivity index (χ0) is 29.1. The topological polar surface area (TPSA) is 128 Å². The Balaban J connectivity index is 1.50. The van der Waals surface area contributed by atoms with E-state index >= 15 is 0 Å². The maximum atomic E-state index is 13.4. The van der Waals surface area contributed by atoms with Crippen LogP contribution in [0.3, 0.4) is 0 Å². The molecule has 1 atom stereocenters. The number of thiazole rings is 1. The van der Waals surface area contributed by atoms with Gasteiger partial charge in [0.1, 0.15) is 0 Å². The molecule has 0 aliphatic heterocycles. The van der Waals surface area contributed by atoms with Gasteiger partial charge in [-0.3, -0.25) is 14.4 Å². The minimum absolute atomic E-state index is 0.103. The molecular formula is C30H34N4O6S. The largest absolute Gasteiger partial charge is 0.493 e. The van der Waals surface area contributed by atoms with Crippen LogP contribution in [0.4, 0.5) is 10.8 Å². The molecule has 11 heteroatoms. The van der Waals surface area contributed by atoms with Crippen LogP contribution in [0.5, 0.6) is 17.2 Å². The van der Waals surface area contributed by atoms with Crippen LogP contribution in [0, 0.1) is 0 Å². The van der Waals surface area contributed by atoms with Gasteiger partial charge in [-0.15, -0.1) is 11.3 Å². The maximum absolute atomic E-state index is 13.4. The Morgan fingerprint density at radius 3 is 2.51 bits per heavy atom. The van der Waals surface area contributed by atoms with E-state index in [4.69, 9.17) is 14.2 Å². The van der Waals surface area contributed by atoms with E-state index in [-0.39, 0.29) is 29.5 Å². The van der Waals surface area contributed by atoms with Gasteiger partial charge in [0, 0.05) is 17.4 Å². The first-order valence-corrected chi connectivity index (χ1v) is 14.4. The molecule has 216 valence electrons. The van der Waals surface area contributed by atoms with Gasteiger partial charge in [-0.1, -0.05) is 6.07 Å². The monoisotopic (exact) mass is 578 g/mol. The quantitative estimate of drug-likeness (QED) is 0.362. The molecule has 5 rings (SSSR count). The van der Waals surface area contributed by atoms with Crippen LogP contribution in [-0.2, 0) is 28.9 Å². The number of anilines is 2. The minimum Gasteiger partial charge on any atom is -0.493 e. The van der Waals surface area contributed by atoms with Crippen LogP contribution in [-0.4, -0.2) is 44.7 Å². The average Bonchev–Trinajstić information content (AvgIpc) is 3.22. The Morgan fingerprint density at radius 1 is 1.02 bits per heavy atom. The van der Waals surface area contributed by atoms with E-state index in [2.05, 4.69) is 20.9 Å². The molecule has 0 unspecified atom stereocenters. The van der Waals surface area contributed by atoms with Crippen LogP contribution in [0.25, 0.3) is 11.1 Å². The lowest BCUT2D eigenvalue weighted by molar-refractivity contribution is -0.119. The van der Waals surface area contributed by atoms with Crippen LogP contribution in [0.2, 0.25) is 0 Å². The second-order valence-corrected chi connectivity index (χ2v) is 11.2. The number of carbonyl (C=O) groups excluding carboxylic acids is 2. The molecule has 0 spiro atoms. The number of ether oxygens (including phenoxy) is 3. The highest BCUT2D eigenvalue weighted by Crippen LogP contribution is 2.50. The number of aromatic nitrogens is 1. The summed E-state index contributed by atoms with van der Waals surface area (Å²) < 4.78 is 17.0. The van der Waals surface area contributed by atoms with Crippen LogP contribution in [0.15, 0.2) is 29.1 Å². The van der Waals surface area contributed by atoms with Crippen LogP contribution < -0.4 is 35.6 Å². The Labute approximate surface area is 242 Å². The summed E-state index contributed by atoms with van der Waals surface area (Å²) in [6.45, 7) is 1.35. The standard InChI is InChI=1S/C30H34N4O6S/c1-16(35)32-20-11-9-17-13-24(38-2)28(39-3)29(40-4)27(17)18-10-12-21(23(36)14-19(18)20)31-15-26(37)34-30-33-22-7-5-6-8-25(22)41-30/h10,12-14,20H,5-9,11,15H2,1-4H3,(H,31,36)(H,32,35)(H,33,34,37)/t20-/m0/s1. The van der Waals surface area contributed by atoms with Crippen molar-refractivity contribution in [2.45, 2.75) is 51.5 Å². The Bertz CT molecular complexity index is 1530. The Morgan fingerprint density at radius 2 is 1.80 bits per heavy atom. The van der Waals surface area contributed by atoms with Gasteiger partial charge in [0.05, 0.1) is 45.3 Å². The van der Waals surface area contributed by atoms with E-state index in [1.807, 2.05) is 12.1 Å². The lowest BCUT2D eigenvalue weighted by Gasteiger charge is -2.19. The average molecular weight is 579 g/mol. The summed E-state index contributed by atoms with van der Waals surface area (Å²) in [5, 5.41) is 9.43. The maximum Gasteiger partial charge on any atom is 0.245 e. The summed E-state index contributed by atoms with van der Waals surface area (Å²) in [5.41, 5.74) is 4.10. The van der Waals surface area contributed by atoms with Crippen molar-refractivity contribution >= 4 is 34.0 Å². The highest BCUT2D eigenvalue weighted by molar-refractivity contribution is 7.15. The number of nitrogens with one attached hydrogen (secondary N) is 3.